The molecule has 0 aliphatic heterocycles. The van der Waals surface area contributed by atoms with E-state index in [1.165, 1.54) is 44.9 Å². The van der Waals surface area contributed by atoms with Crippen molar-refractivity contribution in [3.05, 3.63) is 0 Å². The number of aliphatic carboxylic acids is 2. The SMILES string of the molecule is CCOCC(=O)NCCOCCOCC(=O)NCCCC[C@H](NC)C(=O)CO.CCOCCNC(=O)CC[C@H](NC(=O)CCCCCCCCCCCCCCCCC(=O)O)C(=O)O. The van der Waals surface area contributed by atoms with Gasteiger partial charge in [0, 0.05) is 52.1 Å². The third-order valence-electron chi connectivity index (χ3n) is 9.86. The molecule has 8 N–H and O–H groups in total. The van der Waals surface area contributed by atoms with Gasteiger partial charge in [0.15, 0.2) is 5.78 Å². The molecule has 0 rings (SSSR count). The fourth-order valence-corrected chi connectivity index (χ4v) is 6.20. The van der Waals surface area contributed by atoms with Gasteiger partial charge in [-0.25, -0.2) is 4.79 Å². The van der Waals surface area contributed by atoms with Gasteiger partial charge in [-0.15, -0.1) is 0 Å². The first kappa shape index (κ1) is 62.3. The minimum Gasteiger partial charge on any atom is -0.481 e. The lowest BCUT2D eigenvalue weighted by atomic mass is 10.0. The Labute approximate surface area is 382 Å². The maximum atomic E-state index is 12.1. The molecular formula is C45H85N5O14. The number of unbranched alkanes of at least 4 members (excludes halogenated alkanes) is 14. The van der Waals surface area contributed by atoms with E-state index in [9.17, 15) is 38.7 Å². The van der Waals surface area contributed by atoms with Crippen molar-refractivity contribution in [3.8, 4) is 0 Å². The third kappa shape index (κ3) is 44.8. The molecule has 0 heterocycles. The zero-order valence-electron chi connectivity index (χ0n) is 39.3. The number of rotatable bonds is 45. The Hall–Kier alpha value is -3.75. The molecule has 2 atom stereocenters. The van der Waals surface area contributed by atoms with Crippen molar-refractivity contribution < 1.29 is 67.8 Å². The summed E-state index contributed by atoms with van der Waals surface area (Å²) in [5, 5.41) is 40.2. The zero-order valence-corrected chi connectivity index (χ0v) is 39.3. The quantitative estimate of drug-likeness (QED) is 0.0407. The van der Waals surface area contributed by atoms with E-state index in [-0.39, 0.29) is 74.5 Å². The maximum absolute atomic E-state index is 12.1. The van der Waals surface area contributed by atoms with Crippen molar-refractivity contribution in [1.82, 2.24) is 26.6 Å². The van der Waals surface area contributed by atoms with Crippen LogP contribution in [0.5, 0.6) is 0 Å². The molecule has 0 fully saturated rings. The van der Waals surface area contributed by atoms with Crippen LogP contribution in [0.25, 0.3) is 0 Å². The van der Waals surface area contributed by atoms with Crippen molar-refractivity contribution in [1.29, 1.82) is 0 Å². The number of carbonyl (C=O) groups excluding carboxylic acids is 5. The van der Waals surface area contributed by atoms with Gasteiger partial charge in [0.2, 0.25) is 23.6 Å². The topological polar surface area (TPSA) is 277 Å². The van der Waals surface area contributed by atoms with E-state index < -0.39 is 24.6 Å². The first-order valence-electron chi connectivity index (χ1n) is 23.6. The number of ketones is 1. The second-order valence-electron chi connectivity index (χ2n) is 15.4. The molecule has 19 nitrogen and oxygen atoms in total. The lowest BCUT2D eigenvalue weighted by molar-refractivity contribution is -0.142. The van der Waals surface area contributed by atoms with Crippen LogP contribution >= 0.6 is 0 Å². The van der Waals surface area contributed by atoms with Crippen LogP contribution in [-0.4, -0.2) is 155 Å². The van der Waals surface area contributed by atoms with Crippen LogP contribution in [0, 0.1) is 0 Å². The lowest BCUT2D eigenvalue weighted by Crippen LogP contribution is -2.41. The van der Waals surface area contributed by atoms with E-state index in [0.717, 1.165) is 57.8 Å². The Morgan fingerprint density at radius 3 is 1.47 bits per heavy atom. The van der Waals surface area contributed by atoms with Crippen molar-refractivity contribution >= 4 is 41.4 Å². The number of nitrogens with one attached hydrogen (secondary N) is 5. The molecule has 0 aliphatic carbocycles. The van der Waals surface area contributed by atoms with Crippen molar-refractivity contribution in [2.24, 2.45) is 0 Å². The highest BCUT2D eigenvalue weighted by Gasteiger charge is 2.21. The van der Waals surface area contributed by atoms with E-state index in [0.29, 0.717) is 65.5 Å². The molecular weight excluding hydrogens is 835 g/mol. The highest BCUT2D eigenvalue weighted by molar-refractivity contribution is 5.85. The lowest BCUT2D eigenvalue weighted by Gasteiger charge is -2.14. The van der Waals surface area contributed by atoms with Gasteiger partial charge in [-0.1, -0.05) is 77.0 Å². The van der Waals surface area contributed by atoms with E-state index in [1.54, 1.807) is 7.05 Å². The predicted octanol–water partition coefficient (Wildman–Crippen LogP) is 3.42. The van der Waals surface area contributed by atoms with E-state index in [1.807, 2.05) is 13.8 Å². The Balaban J connectivity index is 0. The van der Waals surface area contributed by atoms with Crippen LogP contribution in [0.3, 0.4) is 0 Å². The summed E-state index contributed by atoms with van der Waals surface area (Å²) < 4.78 is 20.6. The number of amides is 4. The summed E-state index contributed by atoms with van der Waals surface area (Å²) in [6.45, 7) is 6.97. The van der Waals surface area contributed by atoms with E-state index in [2.05, 4.69) is 26.6 Å². The molecule has 4 amide bonds. The molecule has 0 aromatic carbocycles. The molecule has 0 spiro atoms. The Morgan fingerprint density at radius 1 is 0.469 bits per heavy atom. The minimum atomic E-state index is -1.12. The molecule has 0 unspecified atom stereocenters. The average molecular weight is 920 g/mol. The van der Waals surface area contributed by atoms with Gasteiger partial charge >= 0.3 is 11.9 Å². The van der Waals surface area contributed by atoms with Crippen molar-refractivity contribution in [3.63, 3.8) is 0 Å². The number of carboxylic acids is 2. The van der Waals surface area contributed by atoms with Gasteiger partial charge in [-0.3, -0.25) is 28.8 Å². The molecule has 64 heavy (non-hydrogen) atoms. The summed E-state index contributed by atoms with van der Waals surface area (Å²) in [6, 6.07) is -1.39. The molecule has 0 bridgehead atoms. The third-order valence-corrected chi connectivity index (χ3v) is 9.86. The number of likely N-dealkylation sites (N-methyl/N-ethyl adjacent to an activating group) is 1. The second-order valence-corrected chi connectivity index (χ2v) is 15.4. The number of carboxylic acid groups (broad SMARTS) is 2. The average Bonchev–Trinajstić information content (AvgIpc) is 3.27. The highest BCUT2D eigenvalue weighted by Crippen LogP contribution is 2.14. The molecule has 374 valence electrons. The van der Waals surface area contributed by atoms with Gasteiger partial charge in [0.1, 0.15) is 25.9 Å². The van der Waals surface area contributed by atoms with Crippen molar-refractivity contribution in [2.45, 2.75) is 161 Å². The van der Waals surface area contributed by atoms with Gasteiger partial charge in [0.05, 0.1) is 32.5 Å². The summed E-state index contributed by atoms with van der Waals surface area (Å²) in [4.78, 5) is 79.9. The number of hydrogen-bond donors (Lipinski definition) is 8. The predicted molar refractivity (Wildman–Crippen MR) is 243 cm³/mol. The van der Waals surface area contributed by atoms with Crippen LogP contribution in [0.4, 0.5) is 0 Å². The number of ether oxygens (including phenoxy) is 4. The Kier molecular flexibility index (Phi) is 46.0. The maximum Gasteiger partial charge on any atom is 0.326 e. The summed E-state index contributed by atoms with van der Waals surface area (Å²) in [5.74, 6) is -2.97. The van der Waals surface area contributed by atoms with Gasteiger partial charge < -0.3 is 60.9 Å². The normalized spacial score (nSPS) is 11.8. The fraction of sp³-hybridized carbons (Fsp3) is 0.844. The first-order valence-corrected chi connectivity index (χ1v) is 23.6. The minimum absolute atomic E-state index is 0.0397. The molecule has 0 saturated carbocycles. The monoisotopic (exact) mass is 920 g/mol. The molecule has 19 heteroatoms. The summed E-state index contributed by atoms with van der Waals surface area (Å²) in [5.41, 5.74) is 0. The van der Waals surface area contributed by atoms with Crippen LogP contribution in [0.15, 0.2) is 0 Å². The number of hydrogen-bond acceptors (Lipinski definition) is 13. The van der Waals surface area contributed by atoms with Crippen molar-refractivity contribution in [2.75, 3.05) is 86.1 Å². The molecule has 0 aromatic heterocycles. The van der Waals surface area contributed by atoms with Gasteiger partial charge in [0.25, 0.3) is 0 Å². The number of aliphatic hydroxyl groups is 1. The standard InChI is InChI=1S/C27H50N2O7.C18H35N3O7/c1-2-36-22-21-28-24(30)20-19-23(27(34)35)29-25(31)17-15-13-11-9-7-5-3-4-6-8-10-12-14-16-18-26(32)33;1-3-26-13-17(24)21-8-9-27-10-11-28-14-18(25)20-7-5-4-6-15(19-2)16(23)12-22/h23H,2-22H2,1H3,(H,28,30)(H,29,31)(H,32,33)(H,34,35);15,19,22H,3-14H2,1-2H3,(H,20,25)(H,21,24)/t23-;15-/m00/s1. The molecule has 0 aromatic rings. The Bertz CT molecular complexity index is 1210. The fourth-order valence-electron chi connectivity index (χ4n) is 6.20. The van der Waals surface area contributed by atoms with Gasteiger partial charge in [-0.2, -0.15) is 0 Å². The van der Waals surface area contributed by atoms with E-state index in [4.69, 9.17) is 29.2 Å². The smallest absolute Gasteiger partial charge is 0.326 e. The number of aliphatic hydroxyl groups excluding tert-OH is 1. The van der Waals surface area contributed by atoms with Crippen LogP contribution in [0.2, 0.25) is 0 Å². The summed E-state index contributed by atoms with van der Waals surface area (Å²) in [7, 11) is 1.68. The molecule has 0 aliphatic rings. The van der Waals surface area contributed by atoms with Gasteiger partial charge in [-0.05, 0) is 59.4 Å². The second kappa shape index (κ2) is 47.2. The first-order chi connectivity index (χ1) is 30.9. The molecule has 0 radical (unpaired) electrons. The van der Waals surface area contributed by atoms with Crippen LogP contribution in [-0.2, 0) is 52.5 Å². The Morgan fingerprint density at radius 2 is 0.953 bits per heavy atom. The zero-order chi connectivity index (χ0) is 47.9. The number of Topliss-reactive ketones (excluding diaryl/α,β-unsaturated/α-hetero) is 1. The molecule has 0 saturated heterocycles. The largest absolute Gasteiger partial charge is 0.481 e. The number of carbonyl (C=O) groups is 7. The van der Waals surface area contributed by atoms with Crippen LogP contribution < -0.4 is 26.6 Å². The van der Waals surface area contributed by atoms with E-state index >= 15 is 0 Å². The van der Waals surface area contributed by atoms with Crippen LogP contribution in [0.1, 0.15) is 149 Å². The summed E-state index contributed by atoms with van der Waals surface area (Å²) in [6.07, 6.45) is 18.3. The highest BCUT2D eigenvalue weighted by atomic mass is 16.5. The summed E-state index contributed by atoms with van der Waals surface area (Å²) >= 11 is 0.